The number of aromatic amines is 1. The maximum absolute atomic E-state index is 13.3. The lowest BCUT2D eigenvalue weighted by Crippen LogP contribution is -2.08. The number of ether oxygens (including phenoxy) is 1. The number of benzene rings is 3. The summed E-state index contributed by atoms with van der Waals surface area (Å²) in [6.07, 6.45) is 4.01. The van der Waals surface area contributed by atoms with Gasteiger partial charge in [-0.15, -0.1) is 0 Å². The molecule has 0 fully saturated rings. The molecule has 0 spiro atoms. The lowest BCUT2D eigenvalue weighted by Gasteiger charge is -2.08. The van der Waals surface area contributed by atoms with Gasteiger partial charge in [-0.1, -0.05) is 36.4 Å². The molecule has 0 saturated heterocycles. The van der Waals surface area contributed by atoms with Crippen molar-refractivity contribution in [2.75, 3.05) is 5.73 Å². The highest BCUT2D eigenvalue weighted by Gasteiger charge is 2.24. The molecule has 2 heterocycles. The number of fused-ring (bicyclic) bond motifs is 2. The van der Waals surface area contributed by atoms with Crippen molar-refractivity contribution in [3.05, 3.63) is 107 Å². The third kappa shape index (κ3) is 3.87. The number of carbonyl (C=O) groups is 1. The molecule has 1 aliphatic carbocycles. The van der Waals surface area contributed by atoms with E-state index in [9.17, 15) is 4.79 Å². The van der Waals surface area contributed by atoms with Crippen LogP contribution in [0, 0.1) is 6.92 Å². The van der Waals surface area contributed by atoms with Crippen LogP contribution in [0.5, 0.6) is 5.75 Å². The topological polar surface area (TPSA) is 98.8 Å². The van der Waals surface area contributed by atoms with Gasteiger partial charge in [0.2, 0.25) is 0 Å². The number of allylic oxidation sites excluding steroid dienone is 1. The van der Waals surface area contributed by atoms with E-state index in [2.05, 4.69) is 15.1 Å². The lowest BCUT2D eigenvalue weighted by molar-refractivity contribution is 0.103. The molecule has 0 unspecified atom stereocenters. The van der Waals surface area contributed by atoms with Crippen LogP contribution < -0.4 is 10.5 Å². The first-order valence-corrected chi connectivity index (χ1v) is 11.4. The van der Waals surface area contributed by atoms with Crippen LogP contribution in [0.3, 0.4) is 0 Å². The first-order valence-electron chi connectivity index (χ1n) is 11.4. The summed E-state index contributed by atoms with van der Waals surface area (Å²) in [6.45, 7) is 2.40. The monoisotopic (exact) mass is 461 g/mol. The second-order valence-corrected chi connectivity index (χ2v) is 8.69. The van der Waals surface area contributed by atoms with Gasteiger partial charge in [0.1, 0.15) is 24.0 Å². The molecule has 5 aromatic rings. The maximum atomic E-state index is 13.3. The van der Waals surface area contributed by atoms with E-state index in [1.807, 2.05) is 79.7 Å². The van der Waals surface area contributed by atoms with Gasteiger partial charge >= 0.3 is 0 Å². The predicted molar refractivity (Wildman–Crippen MR) is 136 cm³/mol. The molecule has 1 aliphatic rings. The van der Waals surface area contributed by atoms with Crippen molar-refractivity contribution in [1.29, 1.82) is 0 Å². The number of Topliss-reactive ketones (excluding diaryl/α,β-unsaturated/α-hetero) is 1. The van der Waals surface area contributed by atoms with Gasteiger partial charge in [-0.25, -0.2) is 9.67 Å². The Morgan fingerprint density at radius 3 is 2.83 bits per heavy atom. The molecule has 3 N–H and O–H groups in total. The molecule has 0 bridgehead atoms. The predicted octanol–water partition coefficient (Wildman–Crippen LogP) is 5.04. The van der Waals surface area contributed by atoms with Gasteiger partial charge in [-0.3, -0.25) is 4.79 Å². The van der Waals surface area contributed by atoms with Gasteiger partial charge < -0.3 is 15.5 Å². The molecule has 0 saturated carbocycles. The number of anilines is 1. The molecule has 35 heavy (non-hydrogen) atoms. The van der Waals surface area contributed by atoms with Crippen molar-refractivity contribution in [3.63, 3.8) is 0 Å². The van der Waals surface area contributed by atoms with E-state index in [0.717, 1.165) is 45.0 Å². The number of nitrogen functional groups attached to an aromatic ring is 1. The quantitative estimate of drug-likeness (QED) is 0.345. The van der Waals surface area contributed by atoms with E-state index in [-0.39, 0.29) is 5.78 Å². The van der Waals surface area contributed by atoms with Gasteiger partial charge in [0, 0.05) is 12.0 Å². The van der Waals surface area contributed by atoms with Crippen molar-refractivity contribution >= 4 is 28.7 Å². The Balaban J connectivity index is 1.22. The smallest absolute Gasteiger partial charge is 0.194 e. The molecule has 0 amide bonds. The van der Waals surface area contributed by atoms with Crippen molar-refractivity contribution in [1.82, 2.24) is 19.7 Å². The lowest BCUT2D eigenvalue weighted by atomic mass is 10.0. The van der Waals surface area contributed by atoms with E-state index in [1.165, 1.54) is 6.20 Å². The number of aryl methyl sites for hydroxylation is 1. The number of carbonyl (C=O) groups excluding carboxylic acids is 1. The van der Waals surface area contributed by atoms with Crippen LogP contribution in [0.4, 0.5) is 5.82 Å². The minimum absolute atomic E-state index is 0.116. The number of aromatic nitrogens is 4. The van der Waals surface area contributed by atoms with Crippen LogP contribution in [0.1, 0.15) is 32.9 Å². The Hall–Kier alpha value is -4.65. The van der Waals surface area contributed by atoms with Crippen LogP contribution in [0.2, 0.25) is 0 Å². The average Bonchev–Trinajstić information content (AvgIpc) is 3.57. The first kappa shape index (κ1) is 20.9. The van der Waals surface area contributed by atoms with Gasteiger partial charge in [-0.2, -0.15) is 5.10 Å². The largest absolute Gasteiger partial charge is 0.489 e. The van der Waals surface area contributed by atoms with Gasteiger partial charge in [0.05, 0.1) is 28.5 Å². The number of rotatable bonds is 6. The number of nitrogens with two attached hydrogens (primary N) is 1. The Bertz CT molecular complexity index is 1610. The fourth-order valence-corrected chi connectivity index (χ4v) is 4.46. The van der Waals surface area contributed by atoms with Gasteiger partial charge in [0.15, 0.2) is 5.78 Å². The second-order valence-electron chi connectivity index (χ2n) is 8.69. The highest BCUT2D eigenvalue weighted by atomic mass is 16.5. The summed E-state index contributed by atoms with van der Waals surface area (Å²) in [5.74, 6) is 1.81. The fraction of sp³-hybridized carbons (Fsp3) is 0.107. The van der Waals surface area contributed by atoms with Gasteiger partial charge in [0.25, 0.3) is 0 Å². The number of nitrogens with one attached hydrogen (secondary N) is 1. The second kappa shape index (κ2) is 8.29. The summed E-state index contributed by atoms with van der Waals surface area (Å²) in [5.41, 5.74) is 13.2. The summed E-state index contributed by atoms with van der Waals surface area (Å²) in [5, 5.41) is 4.40. The standard InChI is InChI=1S/C28H23N5O2/c1-17-31-25-10-8-22(14-26(25)32-17)33-28(29)24(15-30-33)27(34)21-11-19-7-9-23(13-20(19)12-21)35-16-18-5-3-2-4-6-18/h2-10,12-15H,11,16,29H2,1H3,(H,31,32). The number of nitrogens with zero attached hydrogens (tertiary/aromatic N) is 3. The van der Waals surface area contributed by atoms with E-state index < -0.39 is 0 Å². The number of ketones is 1. The molecule has 7 heteroatoms. The first-order chi connectivity index (χ1) is 17.0. The van der Waals surface area contributed by atoms with E-state index in [0.29, 0.717) is 30.0 Å². The molecule has 0 radical (unpaired) electrons. The maximum Gasteiger partial charge on any atom is 0.194 e. The van der Waals surface area contributed by atoms with Crippen molar-refractivity contribution in [2.24, 2.45) is 0 Å². The van der Waals surface area contributed by atoms with Crippen LogP contribution in [0.25, 0.3) is 22.8 Å². The zero-order chi connectivity index (χ0) is 23.9. The molecule has 172 valence electrons. The van der Waals surface area contributed by atoms with Crippen LogP contribution in [0.15, 0.2) is 78.5 Å². The van der Waals surface area contributed by atoms with E-state index in [1.54, 1.807) is 4.68 Å². The molecule has 7 nitrogen and oxygen atoms in total. The third-order valence-corrected chi connectivity index (χ3v) is 6.25. The molecule has 2 aromatic heterocycles. The Morgan fingerprint density at radius 2 is 1.97 bits per heavy atom. The molecular formula is C28H23N5O2. The SMILES string of the molecule is Cc1nc2ccc(-n3ncc(C(=O)C4=Cc5cc(OCc6ccccc6)ccc5C4)c3N)cc2[nH]1. The summed E-state index contributed by atoms with van der Waals surface area (Å²) in [7, 11) is 0. The molecular weight excluding hydrogens is 438 g/mol. The molecule has 0 atom stereocenters. The Labute approximate surface area is 201 Å². The molecule has 6 rings (SSSR count). The van der Waals surface area contributed by atoms with E-state index >= 15 is 0 Å². The normalized spacial score (nSPS) is 12.5. The summed E-state index contributed by atoms with van der Waals surface area (Å²) < 4.78 is 7.53. The average molecular weight is 462 g/mol. The zero-order valence-electron chi connectivity index (χ0n) is 19.2. The molecule has 3 aromatic carbocycles. The third-order valence-electron chi connectivity index (χ3n) is 6.25. The van der Waals surface area contributed by atoms with Crippen LogP contribution in [-0.4, -0.2) is 25.5 Å². The fourth-order valence-electron chi connectivity index (χ4n) is 4.46. The minimum atomic E-state index is -0.116. The summed E-state index contributed by atoms with van der Waals surface area (Å²) in [6, 6.07) is 21.7. The summed E-state index contributed by atoms with van der Waals surface area (Å²) >= 11 is 0. The van der Waals surface area contributed by atoms with Crippen LogP contribution in [-0.2, 0) is 13.0 Å². The highest BCUT2D eigenvalue weighted by Crippen LogP contribution is 2.32. The zero-order valence-corrected chi connectivity index (χ0v) is 19.2. The minimum Gasteiger partial charge on any atom is -0.489 e. The van der Waals surface area contributed by atoms with Gasteiger partial charge in [-0.05, 0) is 60.0 Å². The van der Waals surface area contributed by atoms with Crippen molar-refractivity contribution < 1.29 is 9.53 Å². The number of imidazole rings is 1. The van der Waals surface area contributed by atoms with E-state index in [4.69, 9.17) is 10.5 Å². The number of hydrogen-bond donors (Lipinski definition) is 2. The van der Waals surface area contributed by atoms with Crippen LogP contribution >= 0.6 is 0 Å². The Kier molecular flexibility index (Phi) is 4.95. The molecule has 0 aliphatic heterocycles. The van der Waals surface area contributed by atoms with Crippen molar-refractivity contribution in [3.8, 4) is 11.4 Å². The van der Waals surface area contributed by atoms with Crippen molar-refractivity contribution in [2.45, 2.75) is 20.0 Å². The summed E-state index contributed by atoms with van der Waals surface area (Å²) in [4.78, 5) is 21.0. The highest BCUT2D eigenvalue weighted by molar-refractivity contribution is 6.15. The Morgan fingerprint density at radius 1 is 1.11 bits per heavy atom. The number of hydrogen-bond acceptors (Lipinski definition) is 5. The number of H-pyrrole nitrogens is 1.